The molecule has 2 aromatic rings. The van der Waals surface area contributed by atoms with Gasteiger partial charge in [-0.2, -0.15) is 0 Å². The molecule has 0 amide bonds. The lowest BCUT2D eigenvalue weighted by Gasteiger charge is -1.97. The summed E-state index contributed by atoms with van der Waals surface area (Å²) in [7, 11) is 0. The Hall–Kier alpha value is -2.30. The molecule has 1 aromatic carbocycles. The van der Waals surface area contributed by atoms with Crippen LogP contribution < -0.4 is 5.73 Å². The molecule has 88 valence electrons. The van der Waals surface area contributed by atoms with E-state index in [0.717, 1.165) is 10.9 Å². The zero-order chi connectivity index (χ0) is 12.4. The molecule has 0 aliphatic carbocycles. The molecule has 0 saturated heterocycles. The van der Waals surface area contributed by atoms with Crippen LogP contribution in [0, 0.1) is 5.41 Å². The number of ether oxygens (including phenoxy) is 1. The van der Waals surface area contributed by atoms with Crippen LogP contribution >= 0.6 is 0 Å². The van der Waals surface area contributed by atoms with E-state index in [1.54, 1.807) is 31.2 Å². The molecule has 0 aliphatic rings. The first-order valence-electron chi connectivity index (χ1n) is 5.26. The van der Waals surface area contributed by atoms with E-state index in [0.29, 0.717) is 17.9 Å². The molecule has 4 N–H and O–H groups in total. The van der Waals surface area contributed by atoms with Gasteiger partial charge in [0.25, 0.3) is 0 Å². The molecule has 5 nitrogen and oxygen atoms in total. The van der Waals surface area contributed by atoms with Crippen molar-refractivity contribution in [3.05, 3.63) is 35.5 Å². The maximum atomic E-state index is 11.5. The van der Waals surface area contributed by atoms with Gasteiger partial charge in [-0.05, 0) is 31.2 Å². The van der Waals surface area contributed by atoms with Crippen molar-refractivity contribution in [3.63, 3.8) is 0 Å². The standard InChI is InChI=1S/C12H13N3O2/c1-2-17-12(16)10-6-8-5-7(11(13)14)3-4-9(8)15-10/h3-6,15H,2H2,1H3,(H3,13,14). The van der Waals surface area contributed by atoms with E-state index < -0.39 is 0 Å². The summed E-state index contributed by atoms with van der Waals surface area (Å²) in [6.45, 7) is 2.10. The van der Waals surface area contributed by atoms with Gasteiger partial charge in [0.2, 0.25) is 0 Å². The largest absolute Gasteiger partial charge is 0.461 e. The topological polar surface area (TPSA) is 92.0 Å². The third kappa shape index (κ3) is 2.13. The summed E-state index contributed by atoms with van der Waals surface area (Å²) in [4.78, 5) is 14.5. The highest BCUT2D eigenvalue weighted by Crippen LogP contribution is 2.17. The summed E-state index contributed by atoms with van der Waals surface area (Å²) in [5.41, 5.74) is 7.25. The van der Waals surface area contributed by atoms with Crippen molar-refractivity contribution in [3.8, 4) is 0 Å². The van der Waals surface area contributed by atoms with Crippen molar-refractivity contribution in [2.24, 2.45) is 5.73 Å². The van der Waals surface area contributed by atoms with Gasteiger partial charge in [-0.3, -0.25) is 5.41 Å². The van der Waals surface area contributed by atoms with Crippen LogP contribution in [0.15, 0.2) is 24.3 Å². The van der Waals surface area contributed by atoms with Gasteiger partial charge in [0.05, 0.1) is 6.61 Å². The van der Waals surface area contributed by atoms with Gasteiger partial charge < -0.3 is 15.5 Å². The number of carbonyl (C=O) groups is 1. The average Bonchev–Trinajstić information content (AvgIpc) is 2.71. The van der Waals surface area contributed by atoms with E-state index >= 15 is 0 Å². The molecule has 0 saturated carbocycles. The van der Waals surface area contributed by atoms with Gasteiger partial charge in [-0.25, -0.2) is 4.79 Å². The van der Waals surface area contributed by atoms with Crippen molar-refractivity contribution in [2.45, 2.75) is 6.92 Å². The molecule has 0 atom stereocenters. The smallest absolute Gasteiger partial charge is 0.354 e. The highest BCUT2D eigenvalue weighted by atomic mass is 16.5. The van der Waals surface area contributed by atoms with Gasteiger partial charge in [-0.1, -0.05) is 0 Å². The fourth-order valence-electron chi connectivity index (χ4n) is 1.62. The van der Waals surface area contributed by atoms with Crippen LogP contribution in [0.4, 0.5) is 0 Å². The van der Waals surface area contributed by atoms with Gasteiger partial charge >= 0.3 is 5.97 Å². The second kappa shape index (κ2) is 4.29. The summed E-state index contributed by atoms with van der Waals surface area (Å²) in [6.07, 6.45) is 0. The minimum atomic E-state index is -0.381. The Labute approximate surface area is 98.1 Å². The molecule has 0 aliphatic heterocycles. The minimum Gasteiger partial charge on any atom is -0.461 e. The van der Waals surface area contributed by atoms with Gasteiger partial charge in [0.1, 0.15) is 11.5 Å². The van der Waals surface area contributed by atoms with E-state index in [2.05, 4.69) is 4.98 Å². The van der Waals surface area contributed by atoms with Crippen LogP contribution in [0.5, 0.6) is 0 Å². The molecule has 0 bridgehead atoms. The van der Waals surface area contributed by atoms with E-state index in [1.165, 1.54) is 0 Å². The van der Waals surface area contributed by atoms with Crippen molar-refractivity contribution in [1.29, 1.82) is 5.41 Å². The number of carbonyl (C=O) groups excluding carboxylic acids is 1. The summed E-state index contributed by atoms with van der Waals surface area (Å²) < 4.78 is 4.90. The van der Waals surface area contributed by atoms with Crippen LogP contribution in [0.3, 0.4) is 0 Å². The number of aromatic nitrogens is 1. The Kier molecular flexibility index (Phi) is 2.82. The van der Waals surface area contributed by atoms with Crippen molar-refractivity contribution >= 4 is 22.7 Å². The van der Waals surface area contributed by atoms with Crippen molar-refractivity contribution < 1.29 is 9.53 Å². The lowest BCUT2D eigenvalue weighted by Crippen LogP contribution is -2.10. The number of aromatic amines is 1. The van der Waals surface area contributed by atoms with Crippen LogP contribution in [0.25, 0.3) is 10.9 Å². The van der Waals surface area contributed by atoms with Crippen LogP contribution in [-0.2, 0) is 4.74 Å². The molecular formula is C12H13N3O2. The van der Waals surface area contributed by atoms with E-state index in [1.807, 2.05) is 0 Å². The normalized spacial score (nSPS) is 10.4. The number of H-pyrrole nitrogens is 1. The van der Waals surface area contributed by atoms with Crippen LogP contribution in [-0.4, -0.2) is 23.4 Å². The Morgan fingerprint density at radius 3 is 2.88 bits per heavy atom. The Bertz CT molecular complexity index is 586. The first-order valence-corrected chi connectivity index (χ1v) is 5.26. The van der Waals surface area contributed by atoms with E-state index in [-0.39, 0.29) is 11.8 Å². The highest BCUT2D eigenvalue weighted by molar-refractivity contribution is 6.00. The van der Waals surface area contributed by atoms with Crippen molar-refractivity contribution in [2.75, 3.05) is 6.61 Å². The predicted octanol–water partition coefficient (Wildman–Crippen LogP) is 1.63. The molecule has 1 heterocycles. The zero-order valence-electron chi connectivity index (χ0n) is 9.41. The monoisotopic (exact) mass is 231 g/mol. The number of fused-ring (bicyclic) bond motifs is 1. The SMILES string of the molecule is CCOC(=O)c1cc2cc(C(=N)N)ccc2[nH]1. The average molecular weight is 231 g/mol. The quantitative estimate of drug-likeness (QED) is 0.426. The number of nitrogens with two attached hydrogens (primary N) is 1. The molecule has 2 rings (SSSR count). The molecule has 0 radical (unpaired) electrons. The third-order valence-electron chi connectivity index (χ3n) is 2.43. The number of esters is 1. The number of benzene rings is 1. The highest BCUT2D eigenvalue weighted by Gasteiger charge is 2.10. The lowest BCUT2D eigenvalue weighted by atomic mass is 10.1. The number of nitrogens with one attached hydrogen (secondary N) is 2. The van der Waals surface area contributed by atoms with Gasteiger partial charge in [0.15, 0.2) is 0 Å². The molecule has 1 aromatic heterocycles. The maximum absolute atomic E-state index is 11.5. The summed E-state index contributed by atoms with van der Waals surface area (Å²) in [5, 5.41) is 8.18. The number of nitrogen functional groups attached to an aromatic ring is 1. The molecule has 17 heavy (non-hydrogen) atoms. The summed E-state index contributed by atoms with van der Waals surface area (Å²) in [6, 6.07) is 6.97. The molecule has 5 heteroatoms. The first kappa shape index (κ1) is 11.2. The van der Waals surface area contributed by atoms with Gasteiger partial charge in [-0.15, -0.1) is 0 Å². The molecule has 0 unspecified atom stereocenters. The number of hydrogen-bond acceptors (Lipinski definition) is 3. The Morgan fingerprint density at radius 2 is 2.24 bits per heavy atom. The van der Waals surface area contributed by atoms with E-state index in [4.69, 9.17) is 15.9 Å². The second-order valence-electron chi connectivity index (χ2n) is 3.62. The second-order valence-corrected chi connectivity index (χ2v) is 3.62. The fraction of sp³-hybridized carbons (Fsp3) is 0.167. The molecule has 0 spiro atoms. The summed E-state index contributed by atoms with van der Waals surface area (Å²) >= 11 is 0. The Balaban J connectivity index is 2.43. The predicted molar refractivity (Wildman–Crippen MR) is 65.3 cm³/mol. The maximum Gasteiger partial charge on any atom is 0.354 e. The molecule has 0 fully saturated rings. The minimum absolute atomic E-state index is 0.00536. The van der Waals surface area contributed by atoms with Gasteiger partial charge in [0, 0.05) is 16.5 Å². The fourth-order valence-corrected chi connectivity index (χ4v) is 1.62. The lowest BCUT2D eigenvalue weighted by molar-refractivity contribution is 0.0520. The number of hydrogen-bond donors (Lipinski definition) is 3. The zero-order valence-corrected chi connectivity index (χ0v) is 9.41. The van der Waals surface area contributed by atoms with Crippen molar-refractivity contribution in [1.82, 2.24) is 4.98 Å². The number of amidine groups is 1. The number of rotatable bonds is 3. The van der Waals surface area contributed by atoms with Crippen LogP contribution in [0.2, 0.25) is 0 Å². The first-order chi connectivity index (χ1) is 8.11. The molecular weight excluding hydrogens is 218 g/mol. The van der Waals surface area contributed by atoms with E-state index in [9.17, 15) is 4.79 Å². The summed E-state index contributed by atoms with van der Waals surface area (Å²) in [5.74, 6) is -0.376. The third-order valence-corrected chi connectivity index (χ3v) is 2.43. The Morgan fingerprint density at radius 1 is 1.47 bits per heavy atom. The van der Waals surface area contributed by atoms with Crippen LogP contribution in [0.1, 0.15) is 23.0 Å².